The van der Waals surface area contributed by atoms with Gasteiger partial charge in [-0.2, -0.15) is 0 Å². The van der Waals surface area contributed by atoms with E-state index in [1.54, 1.807) is 12.1 Å². The molecular weight excluding hydrogens is 416 g/mol. The number of benzene rings is 2. The van der Waals surface area contributed by atoms with Gasteiger partial charge in [-0.25, -0.2) is 4.98 Å². The lowest BCUT2D eigenvalue weighted by Crippen LogP contribution is -2.47. The molecular formula is C26H28N4O3. The van der Waals surface area contributed by atoms with Crippen molar-refractivity contribution in [1.29, 1.82) is 0 Å². The van der Waals surface area contributed by atoms with E-state index in [1.807, 2.05) is 65.6 Å². The highest BCUT2D eigenvalue weighted by Gasteiger charge is 2.20. The Morgan fingerprint density at radius 3 is 2.36 bits per heavy atom. The van der Waals surface area contributed by atoms with Crippen molar-refractivity contribution in [3.63, 3.8) is 0 Å². The zero-order valence-corrected chi connectivity index (χ0v) is 18.7. The van der Waals surface area contributed by atoms with E-state index in [0.717, 1.165) is 37.5 Å². The van der Waals surface area contributed by atoms with Gasteiger partial charge < -0.3 is 19.9 Å². The van der Waals surface area contributed by atoms with Crippen LogP contribution in [0.25, 0.3) is 11.3 Å². The summed E-state index contributed by atoms with van der Waals surface area (Å²) in [7, 11) is 2.07. The molecule has 0 aliphatic carbocycles. The Bertz CT molecular complexity index is 1080. The maximum Gasteiger partial charge on any atom is 0.270 e. The predicted molar refractivity (Wildman–Crippen MR) is 127 cm³/mol. The van der Waals surface area contributed by atoms with Crippen LogP contribution in [0.3, 0.4) is 0 Å². The maximum absolute atomic E-state index is 12.7. The molecule has 0 spiro atoms. The summed E-state index contributed by atoms with van der Waals surface area (Å²) >= 11 is 0. The van der Waals surface area contributed by atoms with Crippen LogP contribution in [-0.2, 0) is 0 Å². The smallest absolute Gasteiger partial charge is 0.270 e. The number of carbonyl (C=O) groups is 2. The molecule has 0 atom stereocenters. The predicted octanol–water partition coefficient (Wildman–Crippen LogP) is 2.95. The minimum Gasteiger partial charge on any atom is -0.492 e. The quantitative estimate of drug-likeness (QED) is 0.567. The fourth-order valence-electron chi connectivity index (χ4n) is 3.64. The van der Waals surface area contributed by atoms with Gasteiger partial charge in [0.25, 0.3) is 11.8 Å². The second kappa shape index (κ2) is 10.7. The third kappa shape index (κ3) is 5.96. The number of pyridine rings is 1. The van der Waals surface area contributed by atoms with Gasteiger partial charge in [-0.1, -0.05) is 36.4 Å². The summed E-state index contributed by atoms with van der Waals surface area (Å²) in [5, 5.41) is 2.83. The Hall–Kier alpha value is -3.71. The average Bonchev–Trinajstić information content (AvgIpc) is 2.87. The highest BCUT2D eigenvalue weighted by molar-refractivity contribution is 5.95. The van der Waals surface area contributed by atoms with Crippen LogP contribution in [0, 0.1) is 0 Å². The molecule has 0 radical (unpaired) electrons. The first-order valence-corrected chi connectivity index (χ1v) is 11.1. The molecule has 0 bridgehead atoms. The number of hydrogen-bond acceptors (Lipinski definition) is 5. The zero-order valence-electron chi connectivity index (χ0n) is 18.7. The Kier molecular flexibility index (Phi) is 7.32. The number of carbonyl (C=O) groups excluding carboxylic acids is 2. The van der Waals surface area contributed by atoms with Crippen molar-refractivity contribution in [3.8, 4) is 17.0 Å². The summed E-state index contributed by atoms with van der Waals surface area (Å²) in [6.45, 7) is 4.02. The van der Waals surface area contributed by atoms with Crippen LogP contribution in [0.2, 0.25) is 0 Å². The van der Waals surface area contributed by atoms with Crippen LogP contribution in [0.4, 0.5) is 0 Å². The highest BCUT2D eigenvalue weighted by atomic mass is 16.5. The minimum atomic E-state index is -0.254. The minimum absolute atomic E-state index is 0.0495. The number of amides is 2. The normalized spacial score (nSPS) is 14.0. The molecule has 3 aromatic rings. The number of hydrogen-bond donors (Lipinski definition) is 1. The molecule has 33 heavy (non-hydrogen) atoms. The van der Waals surface area contributed by atoms with E-state index >= 15 is 0 Å². The number of para-hydroxylation sites is 1. The number of likely N-dealkylation sites (N-methyl/N-ethyl adjacent to an activating group) is 1. The number of aromatic nitrogens is 1. The van der Waals surface area contributed by atoms with E-state index in [1.165, 1.54) is 0 Å². The summed E-state index contributed by atoms with van der Waals surface area (Å²) in [5.74, 6) is 0.560. The first-order valence-electron chi connectivity index (χ1n) is 11.1. The standard InChI is InChI=1S/C26H28N4O3/c1-29-15-17-30(18-16-29)26(32)21-12-10-20(11-13-21)23-8-5-9-24(28-23)25(31)27-14-19-33-22-6-3-2-4-7-22/h2-13H,14-19H2,1H3,(H,27,31). The Morgan fingerprint density at radius 1 is 0.909 bits per heavy atom. The Balaban J connectivity index is 1.34. The Morgan fingerprint density at radius 2 is 1.64 bits per heavy atom. The molecule has 1 aliphatic heterocycles. The van der Waals surface area contributed by atoms with Crippen molar-refractivity contribution in [1.82, 2.24) is 20.1 Å². The summed E-state index contributed by atoms with van der Waals surface area (Å²) in [4.78, 5) is 33.8. The van der Waals surface area contributed by atoms with Gasteiger partial charge in [0, 0.05) is 37.3 Å². The lowest BCUT2D eigenvalue weighted by Gasteiger charge is -2.32. The van der Waals surface area contributed by atoms with Gasteiger partial charge in [0.05, 0.1) is 12.2 Å². The van der Waals surface area contributed by atoms with E-state index in [9.17, 15) is 9.59 Å². The van der Waals surface area contributed by atoms with Gasteiger partial charge >= 0.3 is 0 Å². The molecule has 2 heterocycles. The number of piperazine rings is 1. The van der Waals surface area contributed by atoms with Crippen molar-refractivity contribution < 1.29 is 14.3 Å². The summed E-state index contributed by atoms with van der Waals surface area (Å²) in [6, 6.07) is 22.2. The van der Waals surface area contributed by atoms with Crippen molar-refractivity contribution in [2.75, 3.05) is 46.4 Å². The van der Waals surface area contributed by atoms with Gasteiger partial charge in [0.2, 0.25) is 0 Å². The summed E-state index contributed by atoms with van der Waals surface area (Å²) in [5.41, 5.74) is 2.54. The van der Waals surface area contributed by atoms with Gasteiger partial charge in [-0.3, -0.25) is 9.59 Å². The van der Waals surface area contributed by atoms with Crippen LogP contribution in [0.1, 0.15) is 20.8 Å². The van der Waals surface area contributed by atoms with E-state index in [-0.39, 0.29) is 11.8 Å². The second-order valence-corrected chi connectivity index (χ2v) is 8.00. The largest absolute Gasteiger partial charge is 0.492 e. The molecule has 2 aromatic carbocycles. The van der Waals surface area contributed by atoms with Crippen LogP contribution >= 0.6 is 0 Å². The molecule has 0 saturated carbocycles. The van der Waals surface area contributed by atoms with Gasteiger partial charge in [-0.15, -0.1) is 0 Å². The zero-order chi connectivity index (χ0) is 23.0. The molecule has 1 saturated heterocycles. The van der Waals surface area contributed by atoms with Crippen LogP contribution in [0.15, 0.2) is 72.8 Å². The first-order chi connectivity index (χ1) is 16.1. The molecule has 1 aromatic heterocycles. The third-order valence-electron chi connectivity index (χ3n) is 5.60. The Labute approximate surface area is 194 Å². The molecule has 7 heteroatoms. The van der Waals surface area contributed by atoms with Gasteiger partial charge in [0.15, 0.2) is 0 Å². The highest BCUT2D eigenvalue weighted by Crippen LogP contribution is 2.19. The molecule has 2 amide bonds. The van der Waals surface area contributed by atoms with Crippen molar-refractivity contribution >= 4 is 11.8 Å². The summed E-state index contributed by atoms with van der Waals surface area (Å²) < 4.78 is 5.60. The lowest BCUT2D eigenvalue weighted by atomic mass is 10.1. The molecule has 1 N–H and O–H groups in total. The van der Waals surface area contributed by atoms with E-state index in [4.69, 9.17) is 4.74 Å². The maximum atomic E-state index is 12.7. The molecule has 4 rings (SSSR count). The molecule has 1 aliphatic rings. The number of nitrogens with one attached hydrogen (secondary N) is 1. The van der Waals surface area contributed by atoms with Crippen LogP contribution < -0.4 is 10.1 Å². The third-order valence-corrected chi connectivity index (χ3v) is 5.60. The molecule has 0 unspecified atom stereocenters. The fourth-order valence-corrected chi connectivity index (χ4v) is 3.64. The number of nitrogens with zero attached hydrogens (tertiary/aromatic N) is 3. The van der Waals surface area contributed by atoms with Gasteiger partial charge in [0.1, 0.15) is 18.1 Å². The SMILES string of the molecule is CN1CCN(C(=O)c2ccc(-c3cccc(C(=O)NCCOc4ccccc4)n3)cc2)CC1. The number of rotatable bonds is 7. The lowest BCUT2D eigenvalue weighted by molar-refractivity contribution is 0.0664. The molecule has 1 fully saturated rings. The van der Waals surface area contributed by atoms with Crippen LogP contribution in [-0.4, -0.2) is 73.0 Å². The van der Waals surface area contributed by atoms with E-state index < -0.39 is 0 Å². The fraction of sp³-hybridized carbons (Fsp3) is 0.269. The molecule has 7 nitrogen and oxygen atoms in total. The monoisotopic (exact) mass is 444 g/mol. The second-order valence-electron chi connectivity index (χ2n) is 8.00. The van der Waals surface area contributed by atoms with E-state index in [2.05, 4.69) is 22.2 Å². The van der Waals surface area contributed by atoms with Crippen molar-refractivity contribution in [2.45, 2.75) is 0 Å². The number of ether oxygens (including phenoxy) is 1. The van der Waals surface area contributed by atoms with Crippen molar-refractivity contribution in [3.05, 3.63) is 84.1 Å². The topological polar surface area (TPSA) is 74.8 Å². The van der Waals surface area contributed by atoms with Gasteiger partial charge in [-0.05, 0) is 43.4 Å². The molecule has 170 valence electrons. The summed E-state index contributed by atoms with van der Waals surface area (Å²) in [6.07, 6.45) is 0. The van der Waals surface area contributed by atoms with E-state index in [0.29, 0.717) is 30.1 Å². The van der Waals surface area contributed by atoms with Crippen LogP contribution in [0.5, 0.6) is 5.75 Å². The first kappa shape index (κ1) is 22.5. The average molecular weight is 445 g/mol. The van der Waals surface area contributed by atoms with Crippen molar-refractivity contribution in [2.24, 2.45) is 0 Å².